The van der Waals surface area contributed by atoms with Crippen molar-refractivity contribution in [2.45, 2.75) is 305 Å². The molecule has 0 nitrogen and oxygen atoms in total. The van der Waals surface area contributed by atoms with Gasteiger partial charge >= 0.3 is 0 Å². The first kappa shape index (κ1) is 89.5. The van der Waals surface area contributed by atoms with E-state index in [1.54, 1.807) is 256 Å². The van der Waals surface area contributed by atoms with Crippen LogP contribution in [0.25, 0.3) is 0 Å². The third kappa shape index (κ3) is 8.23. The molecule has 0 saturated heterocycles. The minimum absolute atomic E-state index is 0.00620. The van der Waals surface area contributed by atoms with Crippen molar-refractivity contribution in [2.24, 2.45) is 90.7 Å². The minimum atomic E-state index is -0.0508. The molecule has 144 heavy (non-hydrogen) atoms. The highest BCUT2D eigenvalue weighted by molar-refractivity contribution is 5.98. The van der Waals surface area contributed by atoms with Crippen LogP contribution < -0.4 is 0 Å². The zero-order valence-electron chi connectivity index (χ0n) is 95.2. The summed E-state index contributed by atoms with van der Waals surface area (Å²) in [5.41, 5.74) is 120. The first-order chi connectivity index (χ1) is 67.6. The third-order valence-corrected chi connectivity index (χ3v) is 49.5. The Morgan fingerprint density at radius 1 is 0.146 bits per heavy atom. The van der Waals surface area contributed by atoms with Crippen molar-refractivity contribution < 1.29 is 0 Å². The van der Waals surface area contributed by atoms with E-state index in [1.165, 1.54) is 167 Å². The molecular weight excluding hydrogens is 1730 g/mol. The average molecular weight is 1880 g/mol. The summed E-state index contributed by atoms with van der Waals surface area (Å²) in [4.78, 5) is 0. The van der Waals surface area contributed by atoms with Crippen molar-refractivity contribution in [3.05, 3.63) is 472 Å². The Kier molecular flexibility index (Phi) is 16.0. The lowest BCUT2D eigenvalue weighted by molar-refractivity contribution is 0.220. The van der Waals surface area contributed by atoms with Gasteiger partial charge in [0, 0.05) is 69.0 Å². The number of rotatable bonds is 0. The summed E-state index contributed by atoms with van der Waals surface area (Å²) >= 11 is 0. The maximum absolute atomic E-state index is 2.66. The first-order valence-electron chi connectivity index (χ1n) is 55.5. The van der Waals surface area contributed by atoms with E-state index >= 15 is 0 Å². The molecule has 0 aromatic rings. The zero-order valence-corrected chi connectivity index (χ0v) is 95.2. The van der Waals surface area contributed by atoms with Gasteiger partial charge in [-0.1, -0.05) is 104 Å². The van der Waals surface area contributed by atoms with E-state index in [1.807, 2.05) is 0 Å². The molecular formula is C144H148. The van der Waals surface area contributed by atoms with E-state index in [0.29, 0.717) is 47.3 Å². The van der Waals surface area contributed by atoms with Crippen LogP contribution in [0.1, 0.15) is 305 Å². The lowest BCUT2D eigenvalue weighted by Gasteiger charge is -2.60. The predicted molar refractivity (Wildman–Crippen MR) is 601 cm³/mol. The van der Waals surface area contributed by atoms with Gasteiger partial charge in [-0.05, 0) is 694 Å². The Balaban J connectivity index is 0.0000000914. The fraction of sp³-hybridized carbons (Fsp3) is 0.417. The second kappa shape index (κ2) is 25.7. The van der Waals surface area contributed by atoms with Gasteiger partial charge in [0.1, 0.15) is 0 Å². The van der Waals surface area contributed by atoms with Gasteiger partial charge in [-0.25, -0.2) is 0 Å². The molecule has 0 aromatic heterocycles. The van der Waals surface area contributed by atoms with Crippen LogP contribution in [0.15, 0.2) is 472 Å². The molecule has 6 atom stereocenters. The molecule has 0 N–H and O–H groups in total. The van der Waals surface area contributed by atoms with Gasteiger partial charge in [0.2, 0.25) is 0 Å². The smallest absolute Gasteiger partial charge is 0.0446 e. The van der Waals surface area contributed by atoms with Gasteiger partial charge in [-0.2, -0.15) is 0 Å². The van der Waals surface area contributed by atoms with E-state index in [4.69, 9.17) is 0 Å². The molecule has 32 aliphatic rings. The second-order valence-electron chi connectivity index (χ2n) is 53.4. The SMILES string of the molecule is CC1=C(C)C2=C3C1=C(C)C1=C(C)C(C)=C4C(C)=C5C(C)=C(C)C6=C5C3(C14)C1C(=C2C)C(C)=C(C)C1=C6C.CC1=C(C)C2=C3C1=C(C)C1=C(C)C(C)=C4C(C)=C5C6=C(C(C)=C7C(C)=C(C)C(=C2C)[C@@H]7C36[C@H]14)C(C)(C)C5(C)C.CC1=C(C)C2=C3C1=CC1=C(C)C(C)=C4C=C5C(C)=C(C)C6=C5C3(C3C(=C2)C(C)=C(C)C3=C6)C14.CC1=C(C)C2=C3C1=CC1=C(C)C(C)=C4C=C5C6=C(C=C7C(C)=C(C)C(=C2)[C@@H]7C36[C@H]14)C(C)(C)C5(C)C. The number of hydrogen-bond acceptors (Lipinski definition) is 0. The Labute approximate surface area is 861 Å². The molecule has 32 rings (SSSR count). The van der Waals surface area contributed by atoms with Crippen LogP contribution in [0.5, 0.6) is 0 Å². The summed E-state index contributed by atoms with van der Waals surface area (Å²) < 4.78 is 0. The molecule has 0 saturated carbocycles. The predicted octanol–water partition coefficient (Wildman–Crippen LogP) is 37.6. The van der Waals surface area contributed by atoms with Crippen LogP contribution in [-0.2, 0) is 0 Å². The first-order valence-corrected chi connectivity index (χ1v) is 55.5. The highest BCUT2D eigenvalue weighted by atomic mass is 14.8. The van der Waals surface area contributed by atoms with E-state index in [-0.39, 0.29) is 43.3 Å². The lowest BCUT2D eigenvalue weighted by atomic mass is 9.41. The zero-order chi connectivity index (χ0) is 102. The Bertz CT molecular complexity index is 8590. The molecule has 0 heteroatoms. The molecule has 32 aliphatic carbocycles. The molecule has 2 unspecified atom stereocenters. The lowest BCUT2D eigenvalue weighted by Crippen LogP contribution is -2.52. The van der Waals surface area contributed by atoms with Crippen molar-refractivity contribution in [3.8, 4) is 0 Å². The van der Waals surface area contributed by atoms with Gasteiger partial charge in [0.05, 0.1) is 0 Å². The summed E-state index contributed by atoms with van der Waals surface area (Å²) in [6, 6.07) is 0. The van der Waals surface area contributed by atoms with Crippen LogP contribution in [0.2, 0.25) is 0 Å². The second-order valence-corrected chi connectivity index (χ2v) is 53.4. The summed E-state index contributed by atoms with van der Waals surface area (Å²) in [6.07, 6.45) is 20.9. The molecule has 0 aromatic carbocycles. The standard InChI is InChI=1S/C39H44.C37H38.C35H36.C33H30/c1-15-16(2)26-22(8)28-18(4)20(6)30-24(10)32-36-31(37(11,12)38(32,13)14)23(9)29-19(5)17(3)27-21(7)25(15)33(26)39(36,34(27)29)35(28)30;1-13-14(2)26-22(10)28-17(5)18(6)30-24(12)32-20(8)19(7)31-23(11)29-16(4)15(3)27-21(9)25(13)33(26)37(34(27)29,35(28)30)36(31)32;1-15-16(2)22-12-24-18(4)20(6)26-14-28-32-27(33(7,8)34(28,9)10)13-25-19(5)17(3)23-11-21(15)29(22)35(32,30(23)25)31(24)26;1-13-14(2)22-10-24-17(5)18(6)26-12-28-20(8)19(7)27-11-25-16(4)15(3)23-9-21(13)29(22)33(30(23)25,31(24)26)32(27)28/h34-35H,1-14H3;33,36H,1-12H3;11-14,30-31H,1-10H3;9-12,29,32H,1-8H3/t34-,35+,39?;;30-,31+,35?;. The Morgan fingerprint density at radius 3 is 0.729 bits per heavy atom. The third-order valence-electron chi connectivity index (χ3n) is 49.5. The topological polar surface area (TPSA) is 0 Å². The van der Waals surface area contributed by atoms with Crippen LogP contribution in [-0.4, -0.2) is 0 Å². The van der Waals surface area contributed by atoms with Crippen molar-refractivity contribution >= 4 is 0 Å². The van der Waals surface area contributed by atoms with E-state index in [9.17, 15) is 0 Å². The monoisotopic (exact) mass is 1880 g/mol. The summed E-state index contributed by atoms with van der Waals surface area (Å²) in [5.74, 6) is 3.41. The van der Waals surface area contributed by atoms with Crippen molar-refractivity contribution in [3.63, 3.8) is 0 Å². The van der Waals surface area contributed by atoms with Crippen LogP contribution >= 0.6 is 0 Å². The van der Waals surface area contributed by atoms with Gasteiger partial charge in [0.15, 0.2) is 0 Å². The van der Waals surface area contributed by atoms with Crippen LogP contribution in [0.3, 0.4) is 0 Å². The largest absolute Gasteiger partial charge is 0.0550 e. The van der Waals surface area contributed by atoms with E-state index in [2.05, 4.69) is 353 Å². The molecule has 0 bridgehead atoms. The molecule has 0 aliphatic heterocycles. The quantitative estimate of drug-likeness (QED) is 0.227. The molecule has 4 spiro atoms. The fourth-order valence-electron chi connectivity index (χ4n) is 40.5. The molecule has 0 amide bonds. The fourth-order valence-corrected chi connectivity index (χ4v) is 40.5. The summed E-state index contributed by atoms with van der Waals surface area (Å²) in [6.45, 7) is 107. The van der Waals surface area contributed by atoms with Gasteiger partial charge in [-0.15, -0.1) is 0 Å². The van der Waals surface area contributed by atoms with Crippen LogP contribution in [0, 0.1) is 90.7 Å². The number of allylic oxidation sites excluding steroid dienone is 84. The van der Waals surface area contributed by atoms with E-state index < -0.39 is 0 Å². The maximum Gasteiger partial charge on any atom is 0.0446 e. The minimum Gasteiger partial charge on any atom is -0.0550 e. The Morgan fingerprint density at radius 2 is 0.403 bits per heavy atom. The number of hydrogen-bond donors (Lipinski definition) is 0. The van der Waals surface area contributed by atoms with Crippen molar-refractivity contribution in [1.29, 1.82) is 0 Å². The van der Waals surface area contributed by atoms with Crippen LogP contribution in [0.4, 0.5) is 0 Å². The average Bonchev–Trinajstić information content (AvgIpc) is 1.45. The highest BCUT2D eigenvalue weighted by Gasteiger charge is 2.78. The maximum atomic E-state index is 2.66. The van der Waals surface area contributed by atoms with Gasteiger partial charge < -0.3 is 0 Å². The van der Waals surface area contributed by atoms with Crippen molar-refractivity contribution in [1.82, 2.24) is 0 Å². The summed E-state index contributed by atoms with van der Waals surface area (Å²) in [7, 11) is 0. The Hall–Kier alpha value is -10.9. The highest BCUT2D eigenvalue weighted by Crippen LogP contribution is 2.88. The van der Waals surface area contributed by atoms with Gasteiger partial charge in [0.25, 0.3) is 0 Å². The molecule has 0 radical (unpaired) electrons. The molecule has 0 heterocycles. The summed E-state index contributed by atoms with van der Waals surface area (Å²) in [5, 5.41) is 0. The van der Waals surface area contributed by atoms with Crippen molar-refractivity contribution in [2.75, 3.05) is 0 Å². The normalized spacial score (nSPS) is 34.8. The van der Waals surface area contributed by atoms with E-state index in [0.717, 1.165) is 0 Å². The molecule has 724 valence electrons. The molecule has 0 fully saturated rings. The van der Waals surface area contributed by atoms with Gasteiger partial charge in [-0.3, -0.25) is 0 Å².